The Hall–Kier alpha value is -1.81. The summed E-state index contributed by atoms with van der Waals surface area (Å²) < 4.78 is 5.33. The van der Waals surface area contributed by atoms with E-state index < -0.39 is 5.60 Å². The molecule has 0 bridgehead atoms. The molecule has 0 aromatic heterocycles. The number of rotatable bonds is 8. The van der Waals surface area contributed by atoms with Gasteiger partial charge in [-0.25, -0.2) is 4.79 Å². The molecule has 128 valence electrons. The molecule has 0 spiro atoms. The number of ether oxygens (including phenoxy) is 1. The Balaban J connectivity index is 2.37. The molecule has 0 aliphatic rings. The smallest absolute Gasteiger partial charge is 0.410 e. The third kappa shape index (κ3) is 7.84. The van der Waals surface area contributed by atoms with Crippen LogP contribution in [0.5, 0.6) is 0 Å². The first kappa shape index (κ1) is 19.2. The minimum absolute atomic E-state index is 0.287. The minimum atomic E-state index is -0.457. The molecule has 0 saturated heterocycles. The van der Waals surface area contributed by atoms with Crippen molar-refractivity contribution in [3.63, 3.8) is 0 Å². The van der Waals surface area contributed by atoms with Crippen LogP contribution in [0.25, 0.3) is 0 Å². The monoisotopic (exact) mass is 318 g/mol. The van der Waals surface area contributed by atoms with Gasteiger partial charge in [0.2, 0.25) is 0 Å². The zero-order chi connectivity index (χ0) is 17.3. The quantitative estimate of drug-likeness (QED) is 0.585. The second kappa shape index (κ2) is 9.36. The van der Waals surface area contributed by atoms with Crippen LogP contribution >= 0.6 is 0 Å². The fraction of sp³-hybridized carbons (Fsp3) is 0.526. The van der Waals surface area contributed by atoms with E-state index in [1.807, 2.05) is 32.9 Å². The minimum Gasteiger partial charge on any atom is -0.444 e. The Morgan fingerprint density at radius 3 is 2.57 bits per heavy atom. The lowest BCUT2D eigenvalue weighted by Gasteiger charge is -2.25. The first-order chi connectivity index (χ1) is 10.8. The number of carbonyl (C=O) groups excluding carboxylic acids is 1. The Morgan fingerprint density at radius 2 is 2.00 bits per heavy atom. The van der Waals surface area contributed by atoms with Gasteiger partial charge in [-0.3, -0.25) is 0 Å². The fourth-order valence-electron chi connectivity index (χ4n) is 2.22. The number of benzene rings is 1. The van der Waals surface area contributed by atoms with Crippen molar-refractivity contribution < 1.29 is 9.53 Å². The molecule has 0 aliphatic heterocycles. The second-order valence-electron chi connectivity index (χ2n) is 6.74. The van der Waals surface area contributed by atoms with Gasteiger partial charge in [-0.2, -0.15) is 0 Å². The molecule has 1 aromatic carbocycles. The number of likely N-dealkylation sites (N-methyl/N-ethyl adjacent to an activating group) is 1. The van der Waals surface area contributed by atoms with Crippen LogP contribution in [0.2, 0.25) is 0 Å². The van der Waals surface area contributed by atoms with Crippen molar-refractivity contribution >= 4 is 6.09 Å². The van der Waals surface area contributed by atoms with Crippen molar-refractivity contribution in [2.45, 2.75) is 38.7 Å². The van der Waals surface area contributed by atoms with Gasteiger partial charge in [0, 0.05) is 26.7 Å². The van der Waals surface area contributed by atoms with Crippen LogP contribution in [-0.4, -0.2) is 43.3 Å². The lowest BCUT2D eigenvalue weighted by molar-refractivity contribution is 0.0300. The van der Waals surface area contributed by atoms with Crippen molar-refractivity contribution in [3.8, 4) is 0 Å². The van der Waals surface area contributed by atoms with Crippen molar-refractivity contribution in [1.82, 2.24) is 10.2 Å². The second-order valence-corrected chi connectivity index (χ2v) is 6.74. The van der Waals surface area contributed by atoms with E-state index in [0.717, 1.165) is 19.5 Å². The Bertz CT molecular complexity index is 480. The van der Waals surface area contributed by atoms with E-state index in [4.69, 9.17) is 4.74 Å². The summed E-state index contributed by atoms with van der Waals surface area (Å²) in [5.74, 6) is 0.403. The van der Waals surface area contributed by atoms with Crippen molar-refractivity contribution in [1.29, 1.82) is 0 Å². The molecule has 0 fully saturated rings. The van der Waals surface area contributed by atoms with Crippen LogP contribution in [-0.2, 0) is 4.74 Å². The largest absolute Gasteiger partial charge is 0.444 e. The third-order valence-electron chi connectivity index (χ3n) is 3.44. The Morgan fingerprint density at radius 1 is 1.35 bits per heavy atom. The van der Waals surface area contributed by atoms with Gasteiger partial charge in [0.25, 0.3) is 0 Å². The van der Waals surface area contributed by atoms with Crippen LogP contribution in [0.4, 0.5) is 4.79 Å². The predicted molar refractivity (Wildman–Crippen MR) is 95.7 cm³/mol. The first-order valence-corrected chi connectivity index (χ1v) is 8.14. The first-order valence-electron chi connectivity index (χ1n) is 8.14. The topological polar surface area (TPSA) is 41.6 Å². The number of hydrogen-bond donors (Lipinski definition) is 1. The Labute approximate surface area is 140 Å². The van der Waals surface area contributed by atoms with E-state index in [2.05, 4.69) is 36.2 Å². The summed E-state index contributed by atoms with van der Waals surface area (Å²) in [6.07, 6.45) is 2.59. The molecule has 0 radical (unpaired) electrons. The number of amides is 1. The maximum absolute atomic E-state index is 11.9. The van der Waals surface area contributed by atoms with Crippen molar-refractivity contribution in [2.24, 2.45) is 0 Å². The van der Waals surface area contributed by atoms with Crippen LogP contribution in [0, 0.1) is 0 Å². The summed E-state index contributed by atoms with van der Waals surface area (Å²) in [5.41, 5.74) is 0.849. The van der Waals surface area contributed by atoms with Gasteiger partial charge in [-0.1, -0.05) is 36.4 Å². The van der Waals surface area contributed by atoms with Crippen molar-refractivity contribution in [3.05, 3.63) is 48.6 Å². The van der Waals surface area contributed by atoms with Crippen LogP contribution < -0.4 is 5.32 Å². The molecule has 23 heavy (non-hydrogen) atoms. The normalized spacial score (nSPS) is 12.5. The van der Waals surface area contributed by atoms with E-state index in [1.54, 1.807) is 11.9 Å². The predicted octanol–water partition coefficient (Wildman–Crippen LogP) is 3.80. The lowest BCUT2D eigenvalue weighted by Crippen LogP contribution is -2.38. The van der Waals surface area contributed by atoms with Crippen LogP contribution in [0.3, 0.4) is 0 Å². The summed E-state index contributed by atoms with van der Waals surface area (Å²) in [6, 6.07) is 10.4. The molecule has 0 heterocycles. The van der Waals surface area contributed by atoms with Crippen LogP contribution in [0.1, 0.15) is 38.7 Å². The van der Waals surface area contributed by atoms with E-state index in [0.29, 0.717) is 12.5 Å². The number of allylic oxidation sites excluding steroid dienone is 1. The summed E-state index contributed by atoms with van der Waals surface area (Å²) >= 11 is 0. The molecule has 1 aromatic rings. The van der Waals surface area contributed by atoms with Gasteiger partial charge in [-0.05, 0) is 38.7 Å². The van der Waals surface area contributed by atoms with E-state index in [9.17, 15) is 4.79 Å². The molecule has 1 amide bonds. The molecular weight excluding hydrogens is 288 g/mol. The highest BCUT2D eigenvalue weighted by Crippen LogP contribution is 2.18. The molecule has 0 aliphatic carbocycles. The zero-order valence-corrected chi connectivity index (χ0v) is 14.8. The van der Waals surface area contributed by atoms with Gasteiger partial charge < -0.3 is 15.0 Å². The average molecular weight is 318 g/mol. The van der Waals surface area contributed by atoms with Crippen molar-refractivity contribution in [2.75, 3.05) is 26.7 Å². The summed E-state index contributed by atoms with van der Waals surface area (Å²) in [5, 5.41) is 3.42. The molecule has 1 atom stereocenters. The number of hydrogen-bond acceptors (Lipinski definition) is 3. The number of nitrogens with zero attached hydrogens (tertiary/aromatic N) is 1. The summed E-state index contributed by atoms with van der Waals surface area (Å²) in [4.78, 5) is 13.5. The standard InChI is InChI=1S/C19H30N2O2/c1-6-10-17(16-11-8-7-9-12-16)15-20-13-14-21(5)18(22)23-19(2,3)4/h6-9,11-12,17,20H,1,10,13-15H2,2-5H3. The summed E-state index contributed by atoms with van der Waals surface area (Å²) in [7, 11) is 1.76. The highest BCUT2D eigenvalue weighted by Gasteiger charge is 2.19. The molecule has 1 rings (SSSR count). The van der Waals surface area contributed by atoms with Gasteiger partial charge in [0.1, 0.15) is 5.60 Å². The third-order valence-corrected chi connectivity index (χ3v) is 3.44. The molecular formula is C19H30N2O2. The maximum Gasteiger partial charge on any atom is 0.410 e. The van der Waals surface area contributed by atoms with Gasteiger partial charge in [-0.15, -0.1) is 6.58 Å². The average Bonchev–Trinajstić information content (AvgIpc) is 2.49. The Kier molecular flexibility index (Phi) is 7.83. The fourth-order valence-corrected chi connectivity index (χ4v) is 2.22. The van der Waals surface area contributed by atoms with Gasteiger partial charge in [0.05, 0.1) is 0 Å². The SMILES string of the molecule is C=CCC(CNCCN(C)C(=O)OC(C)(C)C)c1ccccc1. The van der Waals surface area contributed by atoms with E-state index in [-0.39, 0.29) is 6.09 Å². The molecule has 0 saturated carbocycles. The number of carbonyl (C=O) groups is 1. The highest BCUT2D eigenvalue weighted by molar-refractivity contribution is 5.67. The molecule has 1 unspecified atom stereocenters. The lowest BCUT2D eigenvalue weighted by atomic mass is 9.96. The molecule has 4 heteroatoms. The molecule has 4 nitrogen and oxygen atoms in total. The highest BCUT2D eigenvalue weighted by atomic mass is 16.6. The van der Waals surface area contributed by atoms with Crippen LogP contribution in [0.15, 0.2) is 43.0 Å². The van der Waals surface area contributed by atoms with Gasteiger partial charge in [0.15, 0.2) is 0 Å². The molecule has 1 N–H and O–H groups in total. The van der Waals surface area contributed by atoms with E-state index in [1.165, 1.54) is 5.56 Å². The number of nitrogens with one attached hydrogen (secondary N) is 1. The van der Waals surface area contributed by atoms with E-state index >= 15 is 0 Å². The van der Waals surface area contributed by atoms with Gasteiger partial charge >= 0.3 is 6.09 Å². The summed E-state index contributed by atoms with van der Waals surface area (Å²) in [6.45, 7) is 11.7. The zero-order valence-electron chi connectivity index (χ0n) is 14.8. The maximum atomic E-state index is 11.9.